The molecule has 0 saturated carbocycles. The first-order valence-electron chi connectivity index (χ1n) is 4.98. The fourth-order valence-corrected chi connectivity index (χ4v) is 1.21. The summed E-state index contributed by atoms with van der Waals surface area (Å²) in [7, 11) is 0. The van der Waals surface area contributed by atoms with Crippen LogP contribution in [0.4, 0.5) is 5.69 Å². The van der Waals surface area contributed by atoms with Crippen LogP contribution in [0.5, 0.6) is 0 Å². The van der Waals surface area contributed by atoms with Crippen molar-refractivity contribution in [1.82, 2.24) is 5.32 Å². The van der Waals surface area contributed by atoms with Gasteiger partial charge in [-0.05, 0) is 18.7 Å². The second-order valence-electron chi connectivity index (χ2n) is 3.18. The highest BCUT2D eigenvalue weighted by Gasteiger charge is 2.10. The zero-order valence-electron chi connectivity index (χ0n) is 8.99. The first kappa shape index (κ1) is 12.2. The molecule has 0 spiro atoms. The molecule has 0 heterocycles. The molecule has 5 heteroatoms. The molecule has 16 heavy (non-hydrogen) atoms. The molecule has 0 aliphatic rings. The molecule has 0 saturated heterocycles. The first-order valence-corrected chi connectivity index (χ1v) is 4.98. The van der Waals surface area contributed by atoms with Crippen molar-refractivity contribution in [3.05, 3.63) is 29.8 Å². The van der Waals surface area contributed by atoms with Gasteiger partial charge in [0.2, 0.25) is 5.91 Å². The highest BCUT2D eigenvalue weighted by Crippen LogP contribution is 2.14. The summed E-state index contributed by atoms with van der Waals surface area (Å²) in [5, 5.41) is 14.3. The third-order valence-electron chi connectivity index (χ3n) is 1.97. The maximum Gasteiger partial charge on any atom is 0.337 e. The highest BCUT2D eigenvalue weighted by molar-refractivity contribution is 6.00. The van der Waals surface area contributed by atoms with Gasteiger partial charge in [0, 0.05) is 0 Å². The third kappa shape index (κ3) is 3.36. The Morgan fingerprint density at radius 1 is 1.31 bits per heavy atom. The van der Waals surface area contributed by atoms with Crippen LogP contribution in [0, 0.1) is 0 Å². The van der Waals surface area contributed by atoms with Gasteiger partial charge in [0.25, 0.3) is 0 Å². The van der Waals surface area contributed by atoms with Crippen molar-refractivity contribution in [2.45, 2.75) is 6.92 Å². The largest absolute Gasteiger partial charge is 0.478 e. The number of anilines is 1. The van der Waals surface area contributed by atoms with Crippen molar-refractivity contribution in [2.24, 2.45) is 0 Å². The number of para-hydroxylation sites is 1. The van der Waals surface area contributed by atoms with Gasteiger partial charge in [-0.3, -0.25) is 4.79 Å². The van der Waals surface area contributed by atoms with E-state index in [4.69, 9.17) is 5.11 Å². The Bertz CT molecular complexity index is 391. The molecule has 0 fully saturated rings. The molecule has 0 aliphatic heterocycles. The molecule has 5 nitrogen and oxygen atoms in total. The molecular formula is C11H14N2O3. The minimum Gasteiger partial charge on any atom is -0.478 e. The summed E-state index contributed by atoms with van der Waals surface area (Å²) in [6, 6.07) is 6.30. The lowest BCUT2D eigenvalue weighted by Crippen LogP contribution is -2.28. The Labute approximate surface area is 93.5 Å². The molecule has 0 aliphatic carbocycles. The number of carbonyl (C=O) groups excluding carboxylic acids is 1. The molecule has 0 bridgehead atoms. The van der Waals surface area contributed by atoms with Crippen LogP contribution in [0.2, 0.25) is 0 Å². The van der Waals surface area contributed by atoms with Gasteiger partial charge in [0.05, 0.1) is 17.8 Å². The van der Waals surface area contributed by atoms with E-state index in [9.17, 15) is 9.59 Å². The molecule has 1 aromatic carbocycles. The van der Waals surface area contributed by atoms with E-state index in [0.29, 0.717) is 12.2 Å². The normalized spacial score (nSPS) is 9.81. The van der Waals surface area contributed by atoms with Gasteiger partial charge in [0.15, 0.2) is 0 Å². The van der Waals surface area contributed by atoms with Crippen LogP contribution in [-0.2, 0) is 4.79 Å². The number of hydrogen-bond acceptors (Lipinski definition) is 3. The average molecular weight is 222 g/mol. The van der Waals surface area contributed by atoms with E-state index < -0.39 is 5.97 Å². The number of carboxylic acids is 1. The molecule has 0 radical (unpaired) electrons. The fourth-order valence-electron chi connectivity index (χ4n) is 1.21. The van der Waals surface area contributed by atoms with Crippen LogP contribution in [0.3, 0.4) is 0 Å². The average Bonchev–Trinajstić information content (AvgIpc) is 2.27. The fraction of sp³-hybridized carbons (Fsp3) is 0.273. The van der Waals surface area contributed by atoms with E-state index >= 15 is 0 Å². The van der Waals surface area contributed by atoms with Crippen LogP contribution in [0.1, 0.15) is 17.3 Å². The van der Waals surface area contributed by atoms with Gasteiger partial charge >= 0.3 is 5.97 Å². The Kier molecular flexibility index (Phi) is 4.47. The number of amides is 1. The molecule has 1 rings (SSSR count). The van der Waals surface area contributed by atoms with Crippen LogP contribution >= 0.6 is 0 Å². The monoisotopic (exact) mass is 222 g/mol. The van der Waals surface area contributed by atoms with Gasteiger partial charge in [0.1, 0.15) is 0 Å². The van der Waals surface area contributed by atoms with Crippen molar-refractivity contribution in [2.75, 3.05) is 18.4 Å². The van der Waals surface area contributed by atoms with E-state index in [0.717, 1.165) is 0 Å². The maximum absolute atomic E-state index is 11.4. The Balaban J connectivity index is 2.73. The molecular weight excluding hydrogens is 208 g/mol. The summed E-state index contributed by atoms with van der Waals surface area (Å²) < 4.78 is 0. The standard InChI is InChI=1S/C11H14N2O3/c1-2-12-7-10(14)13-9-6-4-3-5-8(9)11(15)16/h3-6,12H,2,7H2,1H3,(H,13,14)(H,15,16). The quantitative estimate of drug-likeness (QED) is 0.692. The number of hydrogen-bond donors (Lipinski definition) is 3. The predicted molar refractivity (Wildman–Crippen MR) is 60.6 cm³/mol. The molecule has 0 atom stereocenters. The number of likely N-dealkylation sites (N-methyl/N-ethyl adjacent to an activating group) is 1. The highest BCUT2D eigenvalue weighted by atomic mass is 16.4. The van der Waals surface area contributed by atoms with Crippen molar-refractivity contribution >= 4 is 17.6 Å². The number of carbonyl (C=O) groups is 2. The smallest absolute Gasteiger partial charge is 0.337 e. The molecule has 86 valence electrons. The molecule has 0 unspecified atom stereocenters. The molecule has 0 aromatic heterocycles. The molecule has 1 amide bonds. The third-order valence-corrected chi connectivity index (χ3v) is 1.97. The summed E-state index contributed by atoms with van der Waals surface area (Å²) in [5.74, 6) is -1.31. The lowest BCUT2D eigenvalue weighted by molar-refractivity contribution is -0.115. The van der Waals surface area contributed by atoms with Crippen LogP contribution in [0.25, 0.3) is 0 Å². The summed E-state index contributed by atoms with van der Waals surface area (Å²) in [5.41, 5.74) is 0.408. The van der Waals surface area contributed by atoms with Crippen molar-refractivity contribution in [3.8, 4) is 0 Å². The predicted octanol–water partition coefficient (Wildman–Crippen LogP) is 0.933. The summed E-state index contributed by atoms with van der Waals surface area (Å²) >= 11 is 0. The summed E-state index contributed by atoms with van der Waals surface area (Å²) in [6.45, 7) is 2.75. The van der Waals surface area contributed by atoms with Gasteiger partial charge in [-0.1, -0.05) is 19.1 Å². The topological polar surface area (TPSA) is 78.4 Å². The van der Waals surface area contributed by atoms with Crippen LogP contribution in [-0.4, -0.2) is 30.1 Å². The van der Waals surface area contributed by atoms with E-state index in [-0.39, 0.29) is 18.0 Å². The van der Waals surface area contributed by atoms with Crippen LogP contribution < -0.4 is 10.6 Å². The maximum atomic E-state index is 11.4. The minimum absolute atomic E-state index is 0.0901. The van der Waals surface area contributed by atoms with Crippen LogP contribution in [0.15, 0.2) is 24.3 Å². The Morgan fingerprint density at radius 3 is 2.62 bits per heavy atom. The molecule has 1 aromatic rings. The minimum atomic E-state index is -1.06. The van der Waals surface area contributed by atoms with Crippen molar-refractivity contribution < 1.29 is 14.7 Å². The zero-order valence-corrected chi connectivity index (χ0v) is 8.99. The number of nitrogens with one attached hydrogen (secondary N) is 2. The van der Waals surface area contributed by atoms with E-state index in [1.807, 2.05) is 6.92 Å². The lowest BCUT2D eigenvalue weighted by Gasteiger charge is -2.08. The second kappa shape index (κ2) is 5.87. The summed E-state index contributed by atoms with van der Waals surface area (Å²) in [4.78, 5) is 22.2. The SMILES string of the molecule is CCNCC(=O)Nc1ccccc1C(=O)O. The van der Waals surface area contributed by atoms with E-state index in [1.54, 1.807) is 18.2 Å². The number of rotatable bonds is 5. The summed E-state index contributed by atoms with van der Waals surface area (Å²) in [6.07, 6.45) is 0. The van der Waals surface area contributed by atoms with Crippen molar-refractivity contribution in [1.29, 1.82) is 0 Å². The second-order valence-corrected chi connectivity index (χ2v) is 3.18. The Hall–Kier alpha value is -1.88. The zero-order chi connectivity index (χ0) is 12.0. The van der Waals surface area contributed by atoms with Gasteiger partial charge in [-0.2, -0.15) is 0 Å². The van der Waals surface area contributed by atoms with Crippen molar-refractivity contribution in [3.63, 3.8) is 0 Å². The van der Waals surface area contributed by atoms with Gasteiger partial charge in [-0.15, -0.1) is 0 Å². The Morgan fingerprint density at radius 2 is 2.00 bits per heavy atom. The number of benzene rings is 1. The number of aromatic carboxylic acids is 1. The van der Waals surface area contributed by atoms with E-state index in [1.165, 1.54) is 6.07 Å². The molecule has 3 N–H and O–H groups in total. The lowest BCUT2D eigenvalue weighted by atomic mass is 10.2. The van der Waals surface area contributed by atoms with Gasteiger partial charge in [-0.25, -0.2) is 4.79 Å². The van der Waals surface area contributed by atoms with Gasteiger partial charge < -0.3 is 15.7 Å². The number of carboxylic acid groups (broad SMARTS) is 1. The first-order chi connectivity index (χ1) is 7.65. The van der Waals surface area contributed by atoms with E-state index in [2.05, 4.69) is 10.6 Å².